The zero-order valence-corrected chi connectivity index (χ0v) is 10.4. The summed E-state index contributed by atoms with van der Waals surface area (Å²) in [4.78, 5) is 4.63. The normalized spacial score (nSPS) is 27.8. The van der Waals surface area contributed by atoms with Crippen LogP contribution in [0.3, 0.4) is 0 Å². The second-order valence-electron chi connectivity index (χ2n) is 5.24. The van der Waals surface area contributed by atoms with E-state index in [-0.39, 0.29) is 6.10 Å². The first-order chi connectivity index (χ1) is 8.33. The lowest BCUT2D eigenvalue weighted by molar-refractivity contribution is 0.109. The molecule has 1 aliphatic heterocycles. The molecule has 0 saturated carbocycles. The molecule has 0 bridgehead atoms. The number of piperidine rings is 1. The van der Waals surface area contributed by atoms with Gasteiger partial charge in [-0.15, -0.1) is 0 Å². The molecule has 0 aromatic carbocycles. The molecule has 0 radical (unpaired) electrons. The fourth-order valence-corrected chi connectivity index (χ4v) is 2.74. The maximum atomic E-state index is 6.02. The van der Waals surface area contributed by atoms with Gasteiger partial charge < -0.3 is 10.1 Å². The molecule has 2 heterocycles. The molecular weight excluding hydrogens is 212 g/mol. The van der Waals surface area contributed by atoms with Crippen LogP contribution in [0.4, 0.5) is 0 Å². The van der Waals surface area contributed by atoms with Gasteiger partial charge in [0.05, 0.1) is 0 Å². The topological polar surface area (TPSA) is 34.1 Å². The van der Waals surface area contributed by atoms with Gasteiger partial charge in [0, 0.05) is 18.3 Å². The third kappa shape index (κ3) is 2.29. The van der Waals surface area contributed by atoms with Crippen LogP contribution in [-0.2, 0) is 12.8 Å². The van der Waals surface area contributed by atoms with E-state index in [4.69, 9.17) is 4.74 Å². The second kappa shape index (κ2) is 4.65. The smallest absolute Gasteiger partial charge is 0.213 e. The van der Waals surface area contributed by atoms with Gasteiger partial charge in [-0.25, -0.2) is 4.98 Å². The molecule has 1 fully saturated rings. The molecule has 1 N–H and O–H groups in total. The number of pyridine rings is 1. The SMILES string of the molecule is CC1CCNCC1Oc1ccc2c(n1)CCC2. The van der Waals surface area contributed by atoms with Gasteiger partial charge in [-0.3, -0.25) is 0 Å². The van der Waals surface area contributed by atoms with Crippen molar-refractivity contribution in [1.82, 2.24) is 10.3 Å². The van der Waals surface area contributed by atoms with Crippen LogP contribution in [-0.4, -0.2) is 24.2 Å². The lowest BCUT2D eigenvalue weighted by Gasteiger charge is -2.29. The molecule has 17 heavy (non-hydrogen) atoms. The van der Waals surface area contributed by atoms with Crippen molar-refractivity contribution in [2.45, 2.75) is 38.7 Å². The summed E-state index contributed by atoms with van der Waals surface area (Å²) in [7, 11) is 0. The van der Waals surface area contributed by atoms with Crippen molar-refractivity contribution >= 4 is 0 Å². The third-order valence-corrected chi connectivity index (χ3v) is 3.93. The van der Waals surface area contributed by atoms with E-state index in [9.17, 15) is 0 Å². The number of nitrogens with one attached hydrogen (secondary N) is 1. The highest BCUT2D eigenvalue weighted by molar-refractivity contribution is 5.29. The number of ether oxygens (including phenoxy) is 1. The molecule has 1 aromatic rings. The fraction of sp³-hybridized carbons (Fsp3) is 0.643. The standard InChI is InChI=1S/C14H20N2O/c1-10-7-8-15-9-13(10)17-14-6-5-11-3-2-4-12(11)16-14/h5-6,10,13,15H,2-4,7-9H2,1H3. The number of rotatable bonds is 2. The molecular formula is C14H20N2O. The van der Waals surface area contributed by atoms with E-state index in [0.29, 0.717) is 5.92 Å². The van der Waals surface area contributed by atoms with Gasteiger partial charge in [-0.1, -0.05) is 13.0 Å². The quantitative estimate of drug-likeness (QED) is 0.846. The lowest BCUT2D eigenvalue weighted by Crippen LogP contribution is -2.43. The number of fused-ring (bicyclic) bond motifs is 1. The molecule has 92 valence electrons. The lowest BCUT2D eigenvalue weighted by atomic mass is 9.97. The van der Waals surface area contributed by atoms with E-state index in [0.717, 1.165) is 25.4 Å². The predicted molar refractivity (Wildman–Crippen MR) is 67.3 cm³/mol. The number of aryl methyl sites for hydroxylation is 2. The fourth-order valence-electron chi connectivity index (χ4n) is 2.74. The average Bonchev–Trinajstić information content (AvgIpc) is 2.79. The number of hydrogen-bond acceptors (Lipinski definition) is 3. The van der Waals surface area contributed by atoms with Crippen molar-refractivity contribution < 1.29 is 4.74 Å². The van der Waals surface area contributed by atoms with Crippen LogP contribution in [0.1, 0.15) is 31.0 Å². The average molecular weight is 232 g/mol. The van der Waals surface area contributed by atoms with Gasteiger partial charge in [0.15, 0.2) is 0 Å². The van der Waals surface area contributed by atoms with Gasteiger partial charge in [-0.05, 0) is 43.7 Å². The minimum absolute atomic E-state index is 0.274. The minimum Gasteiger partial charge on any atom is -0.473 e. The van der Waals surface area contributed by atoms with Gasteiger partial charge in [0.2, 0.25) is 5.88 Å². The monoisotopic (exact) mass is 232 g/mol. The van der Waals surface area contributed by atoms with E-state index in [1.54, 1.807) is 0 Å². The van der Waals surface area contributed by atoms with Crippen LogP contribution >= 0.6 is 0 Å². The van der Waals surface area contributed by atoms with Gasteiger partial charge >= 0.3 is 0 Å². The van der Waals surface area contributed by atoms with Crippen LogP contribution in [0.5, 0.6) is 5.88 Å². The number of hydrogen-bond donors (Lipinski definition) is 1. The molecule has 3 nitrogen and oxygen atoms in total. The Labute approximate surface area is 103 Å². The first-order valence-corrected chi connectivity index (χ1v) is 6.69. The maximum Gasteiger partial charge on any atom is 0.213 e. The van der Waals surface area contributed by atoms with Crippen LogP contribution in [0, 0.1) is 5.92 Å². The van der Waals surface area contributed by atoms with Gasteiger partial charge in [-0.2, -0.15) is 0 Å². The first kappa shape index (κ1) is 11.0. The van der Waals surface area contributed by atoms with E-state index in [1.807, 2.05) is 6.07 Å². The Bertz CT molecular complexity index is 405. The number of aromatic nitrogens is 1. The van der Waals surface area contributed by atoms with Crippen molar-refractivity contribution in [3.63, 3.8) is 0 Å². The molecule has 1 aromatic heterocycles. The van der Waals surface area contributed by atoms with Crippen LogP contribution in [0.25, 0.3) is 0 Å². The highest BCUT2D eigenvalue weighted by Crippen LogP contribution is 2.24. The van der Waals surface area contributed by atoms with Crippen molar-refractivity contribution in [2.75, 3.05) is 13.1 Å². The van der Waals surface area contributed by atoms with E-state index in [2.05, 4.69) is 23.3 Å². The van der Waals surface area contributed by atoms with Crippen molar-refractivity contribution in [3.8, 4) is 5.88 Å². The molecule has 3 rings (SSSR count). The predicted octanol–water partition coefficient (Wildman–Crippen LogP) is 1.95. The second-order valence-corrected chi connectivity index (χ2v) is 5.24. The molecule has 3 heteroatoms. The first-order valence-electron chi connectivity index (χ1n) is 6.69. The zero-order chi connectivity index (χ0) is 11.7. The summed E-state index contributed by atoms with van der Waals surface area (Å²) in [5.74, 6) is 1.43. The summed E-state index contributed by atoms with van der Waals surface area (Å²) in [6, 6.07) is 4.22. The van der Waals surface area contributed by atoms with Crippen LogP contribution in [0.2, 0.25) is 0 Å². The zero-order valence-electron chi connectivity index (χ0n) is 10.4. The summed E-state index contributed by atoms with van der Waals surface area (Å²) in [5.41, 5.74) is 2.66. The maximum absolute atomic E-state index is 6.02. The van der Waals surface area contributed by atoms with Crippen LogP contribution < -0.4 is 10.1 Å². The molecule has 2 atom stereocenters. The third-order valence-electron chi connectivity index (χ3n) is 3.93. The number of nitrogens with zero attached hydrogens (tertiary/aromatic N) is 1. The largest absolute Gasteiger partial charge is 0.473 e. The Morgan fingerprint density at radius 2 is 2.29 bits per heavy atom. The Morgan fingerprint density at radius 1 is 1.35 bits per heavy atom. The van der Waals surface area contributed by atoms with Crippen LogP contribution in [0.15, 0.2) is 12.1 Å². The summed E-state index contributed by atoms with van der Waals surface area (Å²) >= 11 is 0. The van der Waals surface area contributed by atoms with E-state index in [1.165, 1.54) is 30.5 Å². The molecule has 1 saturated heterocycles. The van der Waals surface area contributed by atoms with E-state index < -0.39 is 0 Å². The minimum atomic E-state index is 0.274. The summed E-state index contributed by atoms with van der Waals surface area (Å²) < 4.78 is 6.02. The van der Waals surface area contributed by atoms with Crippen molar-refractivity contribution in [2.24, 2.45) is 5.92 Å². The molecule has 0 amide bonds. The van der Waals surface area contributed by atoms with Crippen molar-refractivity contribution in [3.05, 3.63) is 23.4 Å². The molecule has 2 aliphatic rings. The van der Waals surface area contributed by atoms with Gasteiger partial charge in [0.25, 0.3) is 0 Å². The molecule has 1 aliphatic carbocycles. The summed E-state index contributed by atoms with van der Waals surface area (Å²) in [6.07, 6.45) is 5.01. The Kier molecular flexibility index (Phi) is 3.02. The highest BCUT2D eigenvalue weighted by Gasteiger charge is 2.23. The van der Waals surface area contributed by atoms with Gasteiger partial charge in [0.1, 0.15) is 6.10 Å². The Hall–Kier alpha value is -1.09. The Morgan fingerprint density at radius 3 is 3.18 bits per heavy atom. The highest BCUT2D eigenvalue weighted by atomic mass is 16.5. The molecule has 2 unspecified atom stereocenters. The van der Waals surface area contributed by atoms with E-state index >= 15 is 0 Å². The van der Waals surface area contributed by atoms with Crippen molar-refractivity contribution in [1.29, 1.82) is 0 Å². The molecule has 0 spiro atoms. The summed E-state index contributed by atoms with van der Waals surface area (Å²) in [5, 5.41) is 3.39. The Balaban J connectivity index is 1.72. The summed E-state index contributed by atoms with van der Waals surface area (Å²) in [6.45, 7) is 4.32.